The van der Waals surface area contributed by atoms with Crippen LogP contribution in [0.3, 0.4) is 0 Å². The Hall–Kier alpha value is -8.01. The summed E-state index contributed by atoms with van der Waals surface area (Å²) in [6.45, 7) is 23.1. The fourth-order valence-corrected chi connectivity index (χ4v) is 9.13. The van der Waals surface area contributed by atoms with E-state index in [0.717, 1.165) is 70.7 Å². The maximum Gasteiger partial charge on any atom is 0.343 e. The minimum absolute atomic E-state index is 0.216. The average Bonchev–Trinajstić information content (AvgIpc) is 3.42. The van der Waals surface area contributed by atoms with Crippen LogP contribution in [-0.2, 0) is 17.4 Å². The third-order valence-electron chi connectivity index (χ3n) is 14.8. The summed E-state index contributed by atoms with van der Waals surface area (Å²) < 4.78 is 43.6. The molecule has 398 valence electrons. The van der Waals surface area contributed by atoms with Crippen molar-refractivity contribution in [2.24, 2.45) is 5.73 Å². The van der Waals surface area contributed by atoms with Gasteiger partial charge in [0, 0.05) is 11.0 Å². The number of benzene rings is 8. The molecule has 0 saturated heterocycles. The summed E-state index contributed by atoms with van der Waals surface area (Å²) in [7, 11) is 0. The first-order valence-electron chi connectivity index (χ1n) is 26.6. The van der Waals surface area contributed by atoms with Crippen LogP contribution in [0.25, 0.3) is 0 Å². The van der Waals surface area contributed by atoms with E-state index in [1.54, 1.807) is 24.3 Å². The van der Waals surface area contributed by atoms with E-state index in [9.17, 15) is 4.79 Å². The van der Waals surface area contributed by atoms with Crippen molar-refractivity contribution in [2.45, 2.75) is 124 Å². The second-order valence-corrected chi connectivity index (χ2v) is 21.5. The summed E-state index contributed by atoms with van der Waals surface area (Å²) in [6, 6.07) is 58.1. The van der Waals surface area contributed by atoms with Crippen molar-refractivity contribution < 1.29 is 38.0 Å². The third kappa shape index (κ3) is 13.9. The summed E-state index contributed by atoms with van der Waals surface area (Å²) in [6.07, 6.45) is 3.29. The number of carbonyl (C=O) groups is 1. The van der Waals surface area contributed by atoms with Gasteiger partial charge in [-0.25, -0.2) is 4.79 Å². The maximum absolute atomic E-state index is 13.3. The van der Waals surface area contributed by atoms with E-state index in [1.165, 1.54) is 5.56 Å². The molecule has 0 aliphatic rings. The Kier molecular flexibility index (Phi) is 16.8. The number of rotatable bonds is 22. The second kappa shape index (κ2) is 23.5. The Labute approximate surface area is 455 Å². The number of ether oxygens (including phenoxy) is 7. The van der Waals surface area contributed by atoms with Gasteiger partial charge in [0.05, 0.1) is 5.56 Å². The average molecular weight is 1030 g/mol. The predicted octanol–water partition coefficient (Wildman–Crippen LogP) is 18.0. The monoisotopic (exact) mass is 1030 g/mol. The van der Waals surface area contributed by atoms with E-state index in [1.807, 2.05) is 142 Å². The van der Waals surface area contributed by atoms with Crippen molar-refractivity contribution in [2.75, 3.05) is 0 Å². The Morgan fingerprint density at radius 1 is 0.416 bits per heavy atom. The summed E-state index contributed by atoms with van der Waals surface area (Å²) in [5.41, 5.74) is 11.6. The molecule has 8 aromatic carbocycles. The van der Waals surface area contributed by atoms with Crippen molar-refractivity contribution in [3.05, 3.63) is 221 Å². The van der Waals surface area contributed by atoms with Crippen LogP contribution in [0.2, 0.25) is 0 Å². The fraction of sp³-hybridized carbons (Fsp3) is 0.279. The summed E-state index contributed by atoms with van der Waals surface area (Å²) >= 11 is 0. The zero-order chi connectivity index (χ0) is 55.0. The van der Waals surface area contributed by atoms with E-state index in [0.29, 0.717) is 51.6 Å². The topological polar surface area (TPSA) is 108 Å². The molecule has 0 spiro atoms. The number of carbonyl (C=O) groups excluding carboxylic acids is 1. The molecule has 2 unspecified atom stereocenters. The molecule has 8 rings (SSSR count). The van der Waals surface area contributed by atoms with Crippen LogP contribution in [-0.4, -0.2) is 17.2 Å². The molecule has 0 aliphatic carbocycles. The molecule has 2 atom stereocenters. The molecule has 8 aromatic rings. The van der Waals surface area contributed by atoms with Gasteiger partial charge in [-0.1, -0.05) is 76.2 Å². The van der Waals surface area contributed by atoms with Gasteiger partial charge in [-0.15, -0.1) is 0 Å². The van der Waals surface area contributed by atoms with Crippen molar-refractivity contribution in [3.63, 3.8) is 0 Å². The molecule has 0 aromatic heterocycles. The highest BCUT2D eigenvalue weighted by Gasteiger charge is 2.45. The fourth-order valence-electron chi connectivity index (χ4n) is 9.13. The Morgan fingerprint density at radius 2 is 0.779 bits per heavy atom. The lowest BCUT2D eigenvalue weighted by atomic mass is 9.66. The molecule has 0 aliphatic heterocycles. The summed E-state index contributed by atoms with van der Waals surface area (Å²) in [5, 5.41) is 0. The Balaban J connectivity index is 0.814. The van der Waals surface area contributed by atoms with Crippen LogP contribution in [0.1, 0.15) is 125 Å². The molecule has 0 radical (unpaired) electrons. The van der Waals surface area contributed by atoms with Gasteiger partial charge in [0.15, 0.2) is 0 Å². The molecule has 77 heavy (non-hydrogen) atoms. The molecular weight excluding hydrogens is 959 g/mol. The number of esters is 1. The zero-order valence-electron chi connectivity index (χ0n) is 46.5. The Bertz CT molecular complexity index is 3230. The molecule has 9 heteroatoms. The normalized spacial score (nSPS) is 13.1. The van der Waals surface area contributed by atoms with Crippen molar-refractivity contribution in [3.8, 4) is 63.2 Å². The molecule has 0 amide bonds. The number of hydrogen-bond acceptors (Lipinski definition) is 9. The zero-order valence-corrected chi connectivity index (χ0v) is 46.5. The number of aryl methyl sites for hydroxylation is 2. The minimum atomic E-state index is -0.553. The molecule has 0 bridgehead atoms. The van der Waals surface area contributed by atoms with Crippen LogP contribution in [0, 0.1) is 13.8 Å². The summed E-state index contributed by atoms with van der Waals surface area (Å²) in [4.78, 5) is 13.3. The van der Waals surface area contributed by atoms with Gasteiger partial charge in [0.25, 0.3) is 0 Å². The first kappa shape index (κ1) is 55.2. The molecule has 9 nitrogen and oxygen atoms in total. The lowest BCUT2D eigenvalue weighted by Gasteiger charge is -2.46. The van der Waals surface area contributed by atoms with Gasteiger partial charge in [-0.3, -0.25) is 0 Å². The van der Waals surface area contributed by atoms with Crippen molar-refractivity contribution in [1.82, 2.24) is 0 Å². The van der Waals surface area contributed by atoms with E-state index in [4.69, 9.17) is 38.9 Å². The highest BCUT2D eigenvalue weighted by molar-refractivity contribution is 5.91. The highest BCUT2D eigenvalue weighted by Crippen LogP contribution is 2.44. The van der Waals surface area contributed by atoms with Crippen molar-refractivity contribution in [1.29, 1.82) is 0 Å². The van der Waals surface area contributed by atoms with Crippen LogP contribution < -0.4 is 38.9 Å². The molecular formula is C68H73NO8. The number of nitrogens with two attached hydrogens (primary N) is 1. The predicted molar refractivity (Wildman–Crippen MR) is 308 cm³/mol. The van der Waals surface area contributed by atoms with E-state index in [-0.39, 0.29) is 11.0 Å². The summed E-state index contributed by atoms with van der Waals surface area (Å²) in [5.74, 6) is 7.23. The van der Waals surface area contributed by atoms with Gasteiger partial charge < -0.3 is 38.9 Å². The SMILES string of the molecule is CCC(C)(C)Oc1ccc(Cc2ccc(OC(=O)c3ccc(Oc4ccc(C(C)(CC)C(C)(CC)Oc5ccc(Oc6ccc(Oc7ccc(Oc8ccc(C(C)(C)N)cc8)cc7)cc6)cc5)cc4)cc3)c(C)c2)cc1C. The quantitative estimate of drug-likeness (QED) is 0.0524. The molecule has 0 fully saturated rings. The van der Waals surface area contributed by atoms with Crippen LogP contribution in [0.5, 0.6) is 63.2 Å². The second-order valence-electron chi connectivity index (χ2n) is 21.5. The smallest absolute Gasteiger partial charge is 0.343 e. The number of hydrogen-bond donors (Lipinski definition) is 1. The largest absolute Gasteiger partial charge is 0.488 e. The third-order valence-corrected chi connectivity index (χ3v) is 14.8. The molecule has 2 N–H and O–H groups in total. The maximum atomic E-state index is 13.3. The van der Waals surface area contributed by atoms with Gasteiger partial charge >= 0.3 is 5.97 Å². The van der Waals surface area contributed by atoms with E-state index < -0.39 is 17.1 Å². The van der Waals surface area contributed by atoms with Gasteiger partial charge in [0.1, 0.15) is 74.4 Å². The van der Waals surface area contributed by atoms with Crippen LogP contribution in [0.15, 0.2) is 182 Å². The van der Waals surface area contributed by atoms with Crippen molar-refractivity contribution >= 4 is 5.97 Å². The lowest BCUT2D eigenvalue weighted by Crippen LogP contribution is -2.51. The first-order chi connectivity index (χ1) is 36.7. The standard InChI is InChI=1S/C68H73NO8/c1-12-65(6,7)77-63-42-16-49(44-47(63)5)45-48-15-41-62(46(4)43-48)75-64(70)50-17-23-53(24-18-50)71-55-27-21-52(22-28-55)67(10,13-2)68(11,14-3)76-61-39-37-60(38-40-61)74-59-35-33-58(34-36-59)73-57-31-29-56(30-32-57)72-54-25-19-51(20-26-54)66(8,9)69/h15-44H,12-14,45,69H2,1-11H3. The highest BCUT2D eigenvalue weighted by atomic mass is 16.5. The Morgan fingerprint density at radius 3 is 1.14 bits per heavy atom. The van der Waals surface area contributed by atoms with Gasteiger partial charge in [-0.2, -0.15) is 0 Å². The van der Waals surface area contributed by atoms with E-state index in [2.05, 4.69) is 91.8 Å². The van der Waals surface area contributed by atoms with Gasteiger partial charge in [0.2, 0.25) is 0 Å². The van der Waals surface area contributed by atoms with E-state index >= 15 is 0 Å². The molecule has 0 saturated carbocycles. The van der Waals surface area contributed by atoms with Crippen LogP contribution >= 0.6 is 0 Å². The van der Waals surface area contributed by atoms with Crippen LogP contribution in [0.4, 0.5) is 0 Å². The molecule has 0 heterocycles. The minimum Gasteiger partial charge on any atom is -0.488 e. The van der Waals surface area contributed by atoms with Gasteiger partial charge in [-0.05, 0) is 241 Å². The first-order valence-corrected chi connectivity index (χ1v) is 26.6. The lowest BCUT2D eigenvalue weighted by molar-refractivity contribution is 0.00299.